The minimum absolute atomic E-state index is 0.0146. The molecule has 1 atom stereocenters. The normalized spacial score (nSPS) is 18.4. The number of amides is 2. The molecule has 2 aromatic rings. The van der Waals surface area contributed by atoms with E-state index in [2.05, 4.69) is 23.5 Å². The van der Waals surface area contributed by atoms with E-state index in [-0.39, 0.29) is 5.41 Å². The second kappa shape index (κ2) is 8.00. The molecule has 1 aromatic heterocycles. The van der Waals surface area contributed by atoms with Gasteiger partial charge in [0.15, 0.2) is 0 Å². The molecule has 0 saturated carbocycles. The number of hydrogen-bond acceptors (Lipinski definition) is 4. The number of hydrogen-bond donors (Lipinski definition) is 2. The van der Waals surface area contributed by atoms with Gasteiger partial charge in [-0.25, -0.2) is 14.1 Å². The highest BCUT2D eigenvalue weighted by Gasteiger charge is 2.36. The van der Waals surface area contributed by atoms with Gasteiger partial charge in [0.05, 0.1) is 16.3 Å². The third kappa shape index (κ3) is 4.37. The van der Waals surface area contributed by atoms with Gasteiger partial charge in [0.2, 0.25) is 0 Å². The average molecular weight is 442 g/mol. The molecular formula is C23H31N5O2S. The zero-order chi connectivity index (χ0) is 22.4. The lowest BCUT2D eigenvalue weighted by Crippen LogP contribution is -2.20. The van der Waals surface area contributed by atoms with E-state index in [1.165, 1.54) is 0 Å². The molecule has 1 heterocycles. The minimum Gasteiger partial charge on any atom is -0.305 e. The topological polar surface area (TPSA) is 101 Å². The van der Waals surface area contributed by atoms with E-state index < -0.39 is 15.9 Å². The van der Waals surface area contributed by atoms with Gasteiger partial charge in [-0.1, -0.05) is 26.0 Å². The maximum atomic E-state index is 13.0. The number of nitrogens with one attached hydrogen (secondary N) is 1. The Bertz CT molecular complexity index is 1150. The third-order valence-electron chi connectivity index (χ3n) is 6.18. The molecule has 0 saturated heterocycles. The van der Waals surface area contributed by atoms with Crippen molar-refractivity contribution in [3.8, 4) is 0 Å². The highest BCUT2D eigenvalue weighted by molar-refractivity contribution is 7.91. The zero-order valence-electron chi connectivity index (χ0n) is 18.7. The number of rotatable bonds is 4. The fourth-order valence-corrected chi connectivity index (χ4v) is 5.52. The SMILES string of the molecule is CN(C)Cc1ccc(S(N)(=O)=NC(=O)Nc2c3c(nc4c2CCC4(C)C)CCC3)cc1. The van der Waals surface area contributed by atoms with Crippen LogP contribution in [0.1, 0.15) is 54.8 Å². The monoisotopic (exact) mass is 441 g/mol. The Kier molecular flexibility index (Phi) is 5.66. The summed E-state index contributed by atoms with van der Waals surface area (Å²) in [5, 5.41) is 8.92. The quantitative estimate of drug-likeness (QED) is 0.754. The van der Waals surface area contributed by atoms with Crippen molar-refractivity contribution in [1.29, 1.82) is 0 Å². The van der Waals surface area contributed by atoms with Crippen molar-refractivity contribution in [2.45, 2.75) is 62.8 Å². The molecule has 4 rings (SSSR count). The molecule has 0 spiro atoms. The zero-order valence-corrected chi connectivity index (χ0v) is 19.5. The maximum absolute atomic E-state index is 13.0. The van der Waals surface area contributed by atoms with Gasteiger partial charge in [-0.15, -0.1) is 4.36 Å². The fourth-order valence-electron chi connectivity index (χ4n) is 4.59. The lowest BCUT2D eigenvalue weighted by Gasteiger charge is -2.20. The van der Waals surface area contributed by atoms with Gasteiger partial charge in [0.1, 0.15) is 9.92 Å². The van der Waals surface area contributed by atoms with Gasteiger partial charge in [-0.05, 0) is 75.0 Å². The molecule has 166 valence electrons. The summed E-state index contributed by atoms with van der Waals surface area (Å²) in [6, 6.07) is 6.42. The number of carbonyl (C=O) groups excluding carboxylic acids is 1. The number of aryl methyl sites for hydroxylation is 1. The molecule has 2 amide bonds. The van der Waals surface area contributed by atoms with Gasteiger partial charge in [0, 0.05) is 17.7 Å². The number of nitrogens with zero attached hydrogens (tertiary/aromatic N) is 3. The van der Waals surface area contributed by atoms with Gasteiger partial charge in [-0.2, -0.15) is 0 Å². The molecular weight excluding hydrogens is 410 g/mol. The Morgan fingerprint density at radius 2 is 1.90 bits per heavy atom. The molecule has 2 aliphatic carbocycles. The number of benzene rings is 1. The van der Waals surface area contributed by atoms with Crippen LogP contribution in [-0.2, 0) is 41.1 Å². The Balaban J connectivity index is 1.63. The second-order valence-corrected chi connectivity index (χ2v) is 11.2. The lowest BCUT2D eigenvalue weighted by molar-refractivity contribution is 0.260. The summed E-state index contributed by atoms with van der Waals surface area (Å²) in [4.78, 5) is 20.1. The van der Waals surface area contributed by atoms with Crippen LogP contribution < -0.4 is 10.5 Å². The highest BCUT2D eigenvalue weighted by Crippen LogP contribution is 2.44. The predicted molar refractivity (Wildman–Crippen MR) is 123 cm³/mol. The largest absolute Gasteiger partial charge is 0.354 e. The van der Waals surface area contributed by atoms with Crippen molar-refractivity contribution in [2.75, 3.05) is 19.4 Å². The van der Waals surface area contributed by atoms with Crippen molar-refractivity contribution in [2.24, 2.45) is 9.50 Å². The smallest absolute Gasteiger partial charge is 0.305 e. The van der Waals surface area contributed by atoms with Crippen LogP contribution in [0.3, 0.4) is 0 Å². The van der Waals surface area contributed by atoms with E-state index in [9.17, 15) is 9.00 Å². The summed E-state index contributed by atoms with van der Waals surface area (Å²) in [6.45, 7) is 5.14. The summed E-state index contributed by atoms with van der Waals surface area (Å²) in [7, 11) is 0.617. The standard InChI is InChI=1S/C23H31N5O2S/c1-23(2)13-12-18-20(17-6-5-7-19(17)25-21(18)23)26-22(29)27-31(24,30)16-10-8-15(9-11-16)14-28(3)4/h8-11H,5-7,12-14H2,1-4H3,(H3,24,25,26,27,29,30). The summed E-state index contributed by atoms with van der Waals surface area (Å²) in [5.74, 6) is 0. The number of urea groups is 1. The molecule has 3 N–H and O–H groups in total. The van der Waals surface area contributed by atoms with E-state index in [1.807, 2.05) is 31.1 Å². The van der Waals surface area contributed by atoms with Gasteiger partial charge in [-0.3, -0.25) is 4.98 Å². The molecule has 0 bridgehead atoms. The maximum Gasteiger partial charge on any atom is 0.354 e. The van der Waals surface area contributed by atoms with Crippen LogP contribution in [0.4, 0.5) is 10.5 Å². The van der Waals surface area contributed by atoms with Crippen LogP contribution in [-0.4, -0.2) is 34.2 Å². The van der Waals surface area contributed by atoms with Gasteiger partial charge < -0.3 is 10.2 Å². The molecule has 2 aliphatic rings. The molecule has 8 heteroatoms. The molecule has 7 nitrogen and oxygen atoms in total. The fraction of sp³-hybridized carbons (Fsp3) is 0.478. The first-order valence-electron chi connectivity index (χ1n) is 10.7. The van der Waals surface area contributed by atoms with E-state index in [4.69, 9.17) is 10.1 Å². The Morgan fingerprint density at radius 1 is 1.19 bits per heavy atom. The second-order valence-electron chi connectivity index (χ2n) is 9.45. The summed E-state index contributed by atoms with van der Waals surface area (Å²) < 4.78 is 16.9. The van der Waals surface area contributed by atoms with Crippen LogP contribution in [0.5, 0.6) is 0 Å². The van der Waals surface area contributed by atoms with Crippen molar-refractivity contribution in [3.63, 3.8) is 0 Å². The molecule has 1 aromatic carbocycles. The number of anilines is 1. The summed E-state index contributed by atoms with van der Waals surface area (Å²) in [6.07, 6.45) is 4.69. The number of fused-ring (bicyclic) bond motifs is 2. The van der Waals surface area contributed by atoms with Gasteiger partial charge in [0.25, 0.3) is 0 Å². The van der Waals surface area contributed by atoms with E-state index in [0.29, 0.717) is 4.90 Å². The molecule has 1 unspecified atom stereocenters. The molecule has 0 aliphatic heterocycles. The van der Waals surface area contributed by atoms with Crippen molar-refractivity contribution < 1.29 is 9.00 Å². The van der Waals surface area contributed by atoms with Gasteiger partial charge >= 0.3 is 6.03 Å². The predicted octanol–water partition coefficient (Wildman–Crippen LogP) is 3.79. The van der Waals surface area contributed by atoms with E-state index in [0.717, 1.165) is 72.4 Å². The van der Waals surface area contributed by atoms with Crippen LogP contribution >= 0.6 is 0 Å². The third-order valence-corrected chi connectivity index (χ3v) is 7.56. The molecule has 0 radical (unpaired) electrons. The summed E-state index contributed by atoms with van der Waals surface area (Å²) in [5.41, 5.74) is 6.18. The first-order valence-corrected chi connectivity index (χ1v) is 12.3. The number of nitrogens with two attached hydrogens (primary N) is 1. The summed E-state index contributed by atoms with van der Waals surface area (Å²) >= 11 is 0. The highest BCUT2D eigenvalue weighted by atomic mass is 32.2. The Morgan fingerprint density at radius 3 is 2.58 bits per heavy atom. The minimum atomic E-state index is -3.34. The molecule has 31 heavy (non-hydrogen) atoms. The average Bonchev–Trinajstić information content (AvgIpc) is 3.26. The number of aromatic nitrogens is 1. The lowest BCUT2D eigenvalue weighted by atomic mass is 9.90. The van der Waals surface area contributed by atoms with E-state index >= 15 is 0 Å². The Hall–Kier alpha value is -2.29. The number of pyridine rings is 1. The first-order chi connectivity index (χ1) is 14.6. The van der Waals surface area contributed by atoms with Crippen molar-refractivity contribution >= 4 is 21.6 Å². The van der Waals surface area contributed by atoms with Crippen molar-refractivity contribution in [1.82, 2.24) is 9.88 Å². The van der Waals surface area contributed by atoms with Crippen molar-refractivity contribution in [3.05, 3.63) is 52.3 Å². The van der Waals surface area contributed by atoms with Crippen LogP contribution in [0.2, 0.25) is 0 Å². The molecule has 0 fully saturated rings. The Labute approximate surface area is 184 Å². The van der Waals surface area contributed by atoms with E-state index in [1.54, 1.807) is 12.1 Å². The first kappa shape index (κ1) is 21.9. The van der Waals surface area contributed by atoms with Crippen LogP contribution in [0, 0.1) is 0 Å². The van der Waals surface area contributed by atoms with Crippen LogP contribution in [0.25, 0.3) is 0 Å². The number of carbonyl (C=O) groups is 1. The van der Waals surface area contributed by atoms with Crippen LogP contribution in [0.15, 0.2) is 33.5 Å².